The summed E-state index contributed by atoms with van der Waals surface area (Å²) in [6.45, 7) is 1.77. The standard InChI is InChI=1S/C15H13ClO2S/c1-12(13-7-9-14(16)10-8-13)11-19(17,18)15-5-3-2-4-6-15/h2-11H,1H3/b12-11+. The van der Waals surface area contributed by atoms with Gasteiger partial charge in [0.25, 0.3) is 0 Å². The van der Waals surface area contributed by atoms with Gasteiger partial charge in [0.15, 0.2) is 9.84 Å². The van der Waals surface area contributed by atoms with Crippen LogP contribution >= 0.6 is 11.6 Å². The molecule has 0 radical (unpaired) electrons. The number of hydrogen-bond acceptors (Lipinski definition) is 2. The largest absolute Gasteiger partial charge is 0.219 e. The first kappa shape index (κ1) is 13.8. The Balaban J connectivity index is 2.38. The highest BCUT2D eigenvalue weighted by Gasteiger charge is 2.11. The van der Waals surface area contributed by atoms with Crippen LogP contribution in [0.4, 0.5) is 0 Å². The van der Waals surface area contributed by atoms with Crippen molar-refractivity contribution in [2.45, 2.75) is 11.8 Å². The Kier molecular flexibility index (Phi) is 4.08. The number of benzene rings is 2. The van der Waals surface area contributed by atoms with E-state index in [0.29, 0.717) is 15.5 Å². The lowest BCUT2D eigenvalue weighted by Gasteiger charge is -2.03. The molecular formula is C15H13ClO2S. The molecule has 0 spiro atoms. The maximum atomic E-state index is 12.2. The molecular weight excluding hydrogens is 280 g/mol. The van der Waals surface area contributed by atoms with E-state index < -0.39 is 9.84 Å². The molecule has 2 nitrogen and oxygen atoms in total. The molecule has 4 heteroatoms. The Labute approximate surface area is 118 Å². The zero-order valence-corrected chi connectivity index (χ0v) is 11.9. The summed E-state index contributed by atoms with van der Waals surface area (Å²) in [5.41, 5.74) is 1.52. The Morgan fingerprint density at radius 2 is 1.58 bits per heavy atom. The summed E-state index contributed by atoms with van der Waals surface area (Å²) in [5.74, 6) is 0. The topological polar surface area (TPSA) is 34.1 Å². The van der Waals surface area contributed by atoms with Gasteiger partial charge in [0.1, 0.15) is 0 Å². The third-order valence-corrected chi connectivity index (χ3v) is 4.55. The second-order valence-electron chi connectivity index (χ2n) is 4.17. The van der Waals surface area contributed by atoms with Crippen LogP contribution in [-0.2, 0) is 9.84 Å². The molecule has 0 bridgehead atoms. The van der Waals surface area contributed by atoms with Crippen LogP contribution < -0.4 is 0 Å². The lowest BCUT2D eigenvalue weighted by molar-refractivity contribution is 0.604. The van der Waals surface area contributed by atoms with E-state index in [1.54, 1.807) is 61.5 Å². The van der Waals surface area contributed by atoms with Crippen LogP contribution in [0.15, 0.2) is 64.9 Å². The summed E-state index contributed by atoms with van der Waals surface area (Å²) >= 11 is 5.81. The Morgan fingerprint density at radius 1 is 1.00 bits per heavy atom. The molecule has 2 aromatic rings. The van der Waals surface area contributed by atoms with Crippen molar-refractivity contribution >= 4 is 27.0 Å². The predicted molar refractivity (Wildman–Crippen MR) is 78.7 cm³/mol. The normalized spacial score (nSPS) is 12.4. The molecule has 0 N–H and O–H groups in total. The molecule has 0 saturated heterocycles. The van der Waals surface area contributed by atoms with E-state index >= 15 is 0 Å². The maximum Gasteiger partial charge on any atom is 0.200 e. The molecule has 2 rings (SSSR count). The molecule has 0 aliphatic heterocycles. The Morgan fingerprint density at radius 3 is 2.16 bits per heavy atom. The molecule has 0 aliphatic carbocycles. The number of hydrogen-bond donors (Lipinski definition) is 0. The van der Waals surface area contributed by atoms with Gasteiger partial charge in [0.05, 0.1) is 4.90 Å². The van der Waals surface area contributed by atoms with E-state index in [0.717, 1.165) is 5.56 Å². The predicted octanol–water partition coefficient (Wildman–Crippen LogP) is 4.17. The smallest absolute Gasteiger partial charge is 0.200 e. The molecule has 2 aromatic carbocycles. The summed E-state index contributed by atoms with van der Waals surface area (Å²) in [6, 6.07) is 15.4. The van der Waals surface area contributed by atoms with Crippen LogP contribution in [0, 0.1) is 0 Å². The molecule has 0 fully saturated rings. The first-order chi connectivity index (χ1) is 8.99. The lowest BCUT2D eigenvalue weighted by atomic mass is 10.1. The van der Waals surface area contributed by atoms with Crippen LogP contribution in [0.5, 0.6) is 0 Å². The SMILES string of the molecule is C/C(=C\S(=O)(=O)c1ccccc1)c1ccc(Cl)cc1. The fraction of sp³-hybridized carbons (Fsp3) is 0.0667. The van der Waals surface area contributed by atoms with Crippen LogP contribution in [0.2, 0.25) is 5.02 Å². The van der Waals surface area contributed by atoms with Gasteiger partial charge in [-0.1, -0.05) is 41.9 Å². The number of halogens is 1. The van der Waals surface area contributed by atoms with Gasteiger partial charge in [-0.2, -0.15) is 0 Å². The van der Waals surface area contributed by atoms with Crippen LogP contribution in [0.1, 0.15) is 12.5 Å². The van der Waals surface area contributed by atoms with E-state index in [1.807, 2.05) is 0 Å². The van der Waals surface area contributed by atoms with Crippen molar-refractivity contribution in [3.63, 3.8) is 0 Å². The molecule has 0 aromatic heterocycles. The molecule has 0 unspecified atom stereocenters. The van der Waals surface area contributed by atoms with Crippen molar-refractivity contribution in [3.05, 3.63) is 70.6 Å². The number of allylic oxidation sites excluding steroid dienone is 1. The minimum Gasteiger partial charge on any atom is -0.219 e. The van der Waals surface area contributed by atoms with Gasteiger partial charge in [-0.25, -0.2) is 8.42 Å². The third-order valence-electron chi connectivity index (χ3n) is 2.70. The average Bonchev–Trinajstić information content (AvgIpc) is 2.40. The molecule has 0 heterocycles. The van der Waals surface area contributed by atoms with E-state index in [4.69, 9.17) is 11.6 Å². The van der Waals surface area contributed by atoms with E-state index in [1.165, 1.54) is 5.41 Å². The van der Waals surface area contributed by atoms with Gasteiger partial charge < -0.3 is 0 Å². The van der Waals surface area contributed by atoms with Crippen molar-refractivity contribution < 1.29 is 8.42 Å². The van der Waals surface area contributed by atoms with Crippen molar-refractivity contribution in [3.8, 4) is 0 Å². The van der Waals surface area contributed by atoms with E-state index in [2.05, 4.69) is 0 Å². The number of sulfone groups is 1. The highest BCUT2D eigenvalue weighted by molar-refractivity contribution is 7.94. The monoisotopic (exact) mass is 292 g/mol. The fourth-order valence-electron chi connectivity index (χ4n) is 1.69. The molecule has 98 valence electrons. The zero-order valence-electron chi connectivity index (χ0n) is 10.4. The average molecular weight is 293 g/mol. The zero-order chi connectivity index (χ0) is 13.9. The first-order valence-corrected chi connectivity index (χ1v) is 7.66. The lowest BCUT2D eigenvalue weighted by Crippen LogP contribution is -1.97. The van der Waals surface area contributed by atoms with Crippen molar-refractivity contribution in [2.75, 3.05) is 0 Å². The number of rotatable bonds is 3. The Hall–Kier alpha value is -1.58. The minimum atomic E-state index is -3.41. The van der Waals surface area contributed by atoms with Gasteiger partial charge in [-0.05, 0) is 42.3 Å². The summed E-state index contributed by atoms with van der Waals surface area (Å²) in [6.07, 6.45) is 0. The molecule has 0 amide bonds. The second kappa shape index (κ2) is 5.59. The Bertz CT molecular complexity index is 687. The quantitative estimate of drug-likeness (QED) is 0.850. The van der Waals surface area contributed by atoms with Crippen LogP contribution in [-0.4, -0.2) is 8.42 Å². The summed E-state index contributed by atoms with van der Waals surface area (Å²) in [4.78, 5) is 0.295. The highest BCUT2D eigenvalue weighted by atomic mass is 35.5. The van der Waals surface area contributed by atoms with Gasteiger partial charge in [0, 0.05) is 10.4 Å². The van der Waals surface area contributed by atoms with Gasteiger partial charge in [-0.15, -0.1) is 0 Å². The summed E-state index contributed by atoms with van der Waals surface area (Å²) < 4.78 is 24.4. The van der Waals surface area contributed by atoms with Gasteiger partial charge >= 0.3 is 0 Å². The van der Waals surface area contributed by atoms with Gasteiger partial charge in [-0.3, -0.25) is 0 Å². The van der Waals surface area contributed by atoms with Crippen LogP contribution in [0.3, 0.4) is 0 Å². The maximum absolute atomic E-state index is 12.2. The van der Waals surface area contributed by atoms with Crippen LogP contribution in [0.25, 0.3) is 5.57 Å². The second-order valence-corrected chi connectivity index (χ2v) is 6.40. The molecule has 0 saturated carbocycles. The van der Waals surface area contributed by atoms with Crippen molar-refractivity contribution in [1.29, 1.82) is 0 Å². The summed E-state index contributed by atoms with van der Waals surface area (Å²) in [5, 5.41) is 1.91. The van der Waals surface area contributed by atoms with E-state index in [-0.39, 0.29) is 0 Å². The third kappa shape index (κ3) is 3.46. The fourth-order valence-corrected chi connectivity index (χ4v) is 3.09. The van der Waals surface area contributed by atoms with Crippen molar-refractivity contribution in [1.82, 2.24) is 0 Å². The van der Waals surface area contributed by atoms with Crippen molar-refractivity contribution in [2.24, 2.45) is 0 Å². The molecule has 0 aliphatic rings. The van der Waals surface area contributed by atoms with E-state index in [9.17, 15) is 8.42 Å². The first-order valence-electron chi connectivity index (χ1n) is 5.73. The molecule has 19 heavy (non-hydrogen) atoms. The summed E-state index contributed by atoms with van der Waals surface area (Å²) in [7, 11) is -3.41. The highest BCUT2D eigenvalue weighted by Crippen LogP contribution is 2.21. The molecule has 0 atom stereocenters. The van der Waals surface area contributed by atoms with Gasteiger partial charge in [0.2, 0.25) is 0 Å². The minimum absolute atomic E-state index is 0.295.